The molecule has 2 unspecified atom stereocenters. The molecule has 2 saturated heterocycles. The molecule has 2 fully saturated rings. The van der Waals surface area contributed by atoms with Gasteiger partial charge in [0.15, 0.2) is 0 Å². The van der Waals surface area contributed by atoms with E-state index in [4.69, 9.17) is 4.74 Å². The molecule has 0 aliphatic carbocycles. The van der Waals surface area contributed by atoms with Crippen LogP contribution in [0.4, 0.5) is 0 Å². The van der Waals surface area contributed by atoms with Crippen molar-refractivity contribution in [3.8, 4) is 0 Å². The van der Waals surface area contributed by atoms with Crippen molar-refractivity contribution in [2.24, 2.45) is 0 Å². The minimum absolute atomic E-state index is 0.0133. The van der Waals surface area contributed by atoms with Gasteiger partial charge in [-0.05, 0) is 32.7 Å². The zero-order valence-electron chi connectivity index (χ0n) is 12.2. The third-order valence-corrected chi connectivity index (χ3v) is 3.95. The van der Waals surface area contributed by atoms with Crippen LogP contribution in [0.3, 0.4) is 0 Å². The van der Waals surface area contributed by atoms with Gasteiger partial charge < -0.3 is 20.3 Å². The highest BCUT2D eigenvalue weighted by Gasteiger charge is 2.24. The molecule has 2 atom stereocenters. The fourth-order valence-corrected chi connectivity index (χ4v) is 2.74. The number of nitrogens with one attached hydrogen (secondary N) is 2. The first-order chi connectivity index (χ1) is 9.66. The van der Waals surface area contributed by atoms with Crippen LogP contribution >= 0.6 is 0 Å². The van der Waals surface area contributed by atoms with E-state index in [-0.39, 0.29) is 11.8 Å². The van der Waals surface area contributed by atoms with E-state index < -0.39 is 6.04 Å². The van der Waals surface area contributed by atoms with Crippen LogP contribution in [0, 0.1) is 0 Å². The van der Waals surface area contributed by atoms with Crippen molar-refractivity contribution >= 4 is 11.8 Å². The maximum Gasteiger partial charge on any atom is 0.245 e. The molecule has 2 amide bonds. The number of ether oxygens (including phenoxy) is 1. The van der Waals surface area contributed by atoms with Crippen LogP contribution in [0.25, 0.3) is 0 Å². The Morgan fingerprint density at radius 1 is 1.40 bits per heavy atom. The minimum atomic E-state index is -0.447. The largest absolute Gasteiger partial charge is 0.378 e. The fourth-order valence-electron chi connectivity index (χ4n) is 2.74. The molecule has 0 spiro atoms. The highest BCUT2D eigenvalue weighted by Crippen LogP contribution is 2.10. The van der Waals surface area contributed by atoms with Crippen LogP contribution in [0.1, 0.15) is 32.6 Å². The second kappa shape index (κ2) is 7.59. The summed E-state index contributed by atoms with van der Waals surface area (Å²) in [5, 5.41) is 6.17. The summed E-state index contributed by atoms with van der Waals surface area (Å²) in [5.41, 5.74) is 0. The SMILES string of the molecule is CC(NC(=O)CCC1CCCN1)C(=O)N1CCOCC1. The Hall–Kier alpha value is -1.14. The summed E-state index contributed by atoms with van der Waals surface area (Å²) < 4.78 is 5.22. The van der Waals surface area contributed by atoms with Crippen LogP contribution < -0.4 is 10.6 Å². The summed E-state index contributed by atoms with van der Waals surface area (Å²) in [4.78, 5) is 25.8. The average molecular weight is 283 g/mol. The van der Waals surface area contributed by atoms with Gasteiger partial charge in [-0.25, -0.2) is 0 Å². The second-order valence-electron chi connectivity index (χ2n) is 5.56. The Labute approximate surface area is 120 Å². The quantitative estimate of drug-likeness (QED) is 0.738. The van der Waals surface area contributed by atoms with Crippen LogP contribution in [0.5, 0.6) is 0 Å². The maximum absolute atomic E-state index is 12.1. The first kappa shape index (κ1) is 15.3. The summed E-state index contributed by atoms with van der Waals surface area (Å²) in [6.07, 6.45) is 3.68. The van der Waals surface area contributed by atoms with E-state index in [1.807, 2.05) is 0 Å². The van der Waals surface area contributed by atoms with E-state index in [2.05, 4.69) is 10.6 Å². The molecule has 0 aromatic carbocycles. The maximum atomic E-state index is 12.1. The molecule has 0 radical (unpaired) electrons. The molecule has 6 heteroatoms. The number of amides is 2. The molecule has 114 valence electrons. The number of morpholine rings is 1. The summed E-state index contributed by atoms with van der Waals surface area (Å²) >= 11 is 0. The Bertz CT molecular complexity index is 337. The van der Waals surface area contributed by atoms with Crippen LogP contribution in [0.15, 0.2) is 0 Å². The zero-order valence-corrected chi connectivity index (χ0v) is 12.2. The second-order valence-corrected chi connectivity index (χ2v) is 5.56. The number of carbonyl (C=O) groups excluding carboxylic acids is 2. The predicted octanol–water partition coefficient (Wildman–Crippen LogP) is -0.118. The van der Waals surface area contributed by atoms with E-state index in [0.717, 1.165) is 19.4 Å². The molecule has 20 heavy (non-hydrogen) atoms. The molecular formula is C14H25N3O3. The van der Waals surface area contributed by atoms with E-state index in [1.54, 1.807) is 11.8 Å². The van der Waals surface area contributed by atoms with Crippen molar-refractivity contribution in [3.63, 3.8) is 0 Å². The van der Waals surface area contributed by atoms with Crippen LogP contribution in [-0.2, 0) is 14.3 Å². The van der Waals surface area contributed by atoms with Crippen molar-refractivity contribution in [1.29, 1.82) is 0 Å². The molecule has 2 aliphatic heterocycles. The Kier molecular flexibility index (Phi) is 5.79. The van der Waals surface area contributed by atoms with Gasteiger partial charge in [-0.3, -0.25) is 9.59 Å². The third-order valence-electron chi connectivity index (χ3n) is 3.95. The molecule has 0 saturated carbocycles. The number of rotatable bonds is 5. The molecule has 2 rings (SSSR count). The highest BCUT2D eigenvalue weighted by molar-refractivity contribution is 5.87. The Morgan fingerprint density at radius 2 is 2.15 bits per heavy atom. The standard InChI is InChI=1S/C14H25N3O3/c1-11(14(19)17-7-9-20-10-8-17)16-13(18)5-4-12-3-2-6-15-12/h11-12,15H,2-10H2,1H3,(H,16,18). The highest BCUT2D eigenvalue weighted by atomic mass is 16.5. The summed E-state index contributed by atoms with van der Waals surface area (Å²) in [6, 6.07) is 0.0168. The van der Waals surface area contributed by atoms with Gasteiger partial charge in [0.2, 0.25) is 11.8 Å². The first-order valence-electron chi connectivity index (χ1n) is 7.56. The van der Waals surface area contributed by atoms with E-state index >= 15 is 0 Å². The first-order valence-corrected chi connectivity index (χ1v) is 7.56. The van der Waals surface area contributed by atoms with Crippen molar-refractivity contribution < 1.29 is 14.3 Å². The van der Waals surface area contributed by atoms with Gasteiger partial charge in [0.05, 0.1) is 13.2 Å². The molecule has 2 N–H and O–H groups in total. The molecule has 6 nitrogen and oxygen atoms in total. The zero-order chi connectivity index (χ0) is 14.4. The van der Waals surface area contributed by atoms with Gasteiger partial charge in [-0.15, -0.1) is 0 Å². The van der Waals surface area contributed by atoms with Crippen LogP contribution in [-0.4, -0.2) is 61.6 Å². The van der Waals surface area contributed by atoms with Crippen LogP contribution in [0.2, 0.25) is 0 Å². The van der Waals surface area contributed by atoms with Crippen molar-refractivity contribution in [2.75, 3.05) is 32.8 Å². The lowest BCUT2D eigenvalue weighted by atomic mass is 10.1. The lowest BCUT2D eigenvalue weighted by Crippen LogP contribution is -2.50. The predicted molar refractivity (Wildman–Crippen MR) is 75.3 cm³/mol. The van der Waals surface area contributed by atoms with Crippen molar-refractivity contribution in [1.82, 2.24) is 15.5 Å². The van der Waals surface area contributed by atoms with Gasteiger partial charge in [0, 0.05) is 25.6 Å². The van der Waals surface area contributed by atoms with Gasteiger partial charge in [0.1, 0.15) is 6.04 Å². The summed E-state index contributed by atoms with van der Waals surface area (Å²) in [5.74, 6) is -0.0477. The molecular weight excluding hydrogens is 258 g/mol. The van der Waals surface area contributed by atoms with Gasteiger partial charge in [-0.1, -0.05) is 0 Å². The number of carbonyl (C=O) groups is 2. The lowest BCUT2D eigenvalue weighted by Gasteiger charge is -2.29. The summed E-state index contributed by atoms with van der Waals surface area (Å²) in [6.45, 7) is 5.21. The van der Waals surface area contributed by atoms with Crippen molar-refractivity contribution in [2.45, 2.75) is 44.7 Å². The van der Waals surface area contributed by atoms with Gasteiger partial charge >= 0.3 is 0 Å². The Balaban J connectivity index is 1.67. The van der Waals surface area contributed by atoms with E-state index in [1.165, 1.54) is 6.42 Å². The monoisotopic (exact) mass is 283 g/mol. The minimum Gasteiger partial charge on any atom is -0.378 e. The Morgan fingerprint density at radius 3 is 2.80 bits per heavy atom. The van der Waals surface area contributed by atoms with E-state index in [9.17, 15) is 9.59 Å². The smallest absolute Gasteiger partial charge is 0.245 e. The van der Waals surface area contributed by atoms with Crippen molar-refractivity contribution in [3.05, 3.63) is 0 Å². The molecule has 2 heterocycles. The third kappa shape index (κ3) is 4.45. The molecule has 0 aromatic rings. The fraction of sp³-hybridized carbons (Fsp3) is 0.857. The van der Waals surface area contributed by atoms with Gasteiger partial charge in [0.25, 0.3) is 0 Å². The lowest BCUT2D eigenvalue weighted by molar-refractivity contribution is -0.139. The molecule has 2 aliphatic rings. The van der Waals surface area contributed by atoms with E-state index in [0.29, 0.717) is 38.8 Å². The topological polar surface area (TPSA) is 70.7 Å². The number of hydrogen-bond donors (Lipinski definition) is 2. The number of hydrogen-bond acceptors (Lipinski definition) is 4. The molecule has 0 bridgehead atoms. The summed E-state index contributed by atoms with van der Waals surface area (Å²) in [7, 11) is 0. The normalized spacial score (nSPS) is 24.4. The van der Waals surface area contributed by atoms with Gasteiger partial charge in [-0.2, -0.15) is 0 Å². The molecule has 0 aromatic heterocycles. The number of nitrogens with zero attached hydrogens (tertiary/aromatic N) is 1. The average Bonchev–Trinajstić information content (AvgIpc) is 2.98.